The minimum absolute atomic E-state index is 0.0239. The van der Waals surface area contributed by atoms with Crippen molar-refractivity contribution in [1.29, 1.82) is 0 Å². The summed E-state index contributed by atoms with van der Waals surface area (Å²) >= 11 is 0. The van der Waals surface area contributed by atoms with Crippen LogP contribution in [0.5, 0.6) is 0 Å². The summed E-state index contributed by atoms with van der Waals surface area (Å²) in [4.78, 5) is 35.7. The highest BCUT2D eigenvalue weighted by atomic mass is 31.2. The van der Waals surface area contributed by atoms with Crippen LogP contribution in [0, 0.1) is 0 Å². The summed E-state index contributed by atoms with van der Waals surface area (Å²) in [5, 5.41) is 0. The molecular formula is C66H113NO8P+. The number of carbonyl (C=O) groups is 2. The average molecular weight is 1080 g/mol. The van der Waals surface area contributed by atoms with E-state index in [1.165, 1.54) is 83.5 Å². The average Bonchev–Trinajstić information content (AvgIpc) is 3.38. The first-order valence-corrected chi connectivity index (χ1v) is 31.8. The van der Waals surface area contributed by atoms with Gasteiger partial charge in [-0.3, -0.25) is 18.6 Å². The number of likely N-dealkylation sites (N-methyl/N-ethyl adjacent to an activating group) is 1. The Bertz CT molecular complexity index is 1700. The number of quaternary nitrogens is 1. The number of phosphoric acid groups is 1. The van der Waals surface area contributed by atoms with E-state index in [0.717, 1.165) is 116 Å². The Balaban J connectivity index is 4.10. The highest BCUT2D eigenvalue weighted by Gasteiger charge is 2.27. The van der Waals surface area contributed by atoms with Gasteiger partial charge < -0.3 is 18.9 Å². The topological polar surface area (TPSA) is 108 Å². The smallest absolute Gasteiger partial charge is 0.462 e. The van der Waals surface area contributed by atoms with Crippen molar-refractivity contribution in [3.63, 3.8) is 0 Å². The normalized spacial score (nSPS) is 14.1. The van der Waals surface area contributed by atoms with E-state index in [1.807, 2.05) is 21.1 Å². The van der Waals surface area contributed by atoms with Crippen molar-refractivity contribution in [2.24, 2.45) is 0 Å². The van der Waals surface area contributed by atoms with Crippen molar-refractivity contribution in [1.82, 2.24) is 0 Å². The maximum Gasteiger partial charge on any atom is 0.472 e. The second-order valence-corrected chi connectivity index (χ2v) is 22.5. The highest BCUT2D eigenvalue weighted by molar-refractivity contribution is 7.47. The monoisotopic (exact) mass is 1080 g/mol. The molecule has 0 aliphatic heterocycles. The fraction of sp³-hybridized carbons (Fsp3) is 0.667. The summed E-state index contributed by atoms with van der Waals surface area (Å²) in [5.41, 5.74) is 0. The zero-order chi connectivity index (χ0) is 55.6. The number of phosphoric ester groups is 1. The fourth-order valence-corrected chi connectivity index (χ4v) is 8.57. The Morgan fingerprint density at radius 3 is 1.12 bits per heavy atom. The van der Waals surface area contributed by atoms with Crippen molar-refractivity contribution in [2.75, 3.05) is 47.5 Å². The van der Waals surface area contributed by atoms with Crippen LogP contribution in [0.2, 0.25) is 0 Å². The highest BCUT2D eigenvalue weighted by Crippen LogP contribution is 2.43. The second-order valence-electron chi connectivity index (χ2n) is 21.0. The molecule has 0 rings (SSSR count). The van der Waals surface area contributed by atoms with Crippen LogP contribution in [0.15, 0.2) is 122 Å². The van der Waals surface area contributed by atoms with E-state index >= 15 is 0 Å². The number of nitrogens with zero attached hydrogens (tertiary/aromatic N) is 1. The quantitative estimate of drug-likeness (QED) is 0.0211. The van der Waals surface area contributed by atoms with Crippen LogP contribution in [-0.4, -0.2) is 74.9 Å². The van der Waals surface area contributed by atoms with E-state index < -0.39 is 26.5 Å². The SMILES string of the molecule is CC/C=C\C/C=C\C/C=C\C/C=C\C/C=C\C/C=C\C/C=C\C/C=C\CCCCCCCCCCCCCCC(=O)OC(COC(=O)CCCCCCC/C=C\C/C=C\CCCCC)COP(=O)(O)OCC[N+](C)(C)C. The molecule has 76 heavy (non-hydrogen) atoms. The summed E-state index contributed by atoms with van der Waals surface area (Å²) in [6.07, 6.45) is 79.9. The molecule has 0 saturated carbocycles. The van der Waals surface area contributed by atoms with E-state index in [1.54, 1.807) is 0 Å². The van der Waals surface area contributed by atoms with Crippen molar-refractivity contribution < 1.29 is 42.1 Å². The van der Waals surface area contributed by atoms with E-state index in [9.17, 15) is 19.0 Å². The number of carbonyl (C=O) groups excluding carboxylic acids is 2. The third-order valence-electron chi connectivity index (χ3n) is 12.5. The predicted octanol–water partition coefficient (Wildman–Crippen LogP) is 19.1. The molecule has 0 aromatic rings. The third-order valence-corrected chi connectivity index (χ3v) is 13.5. The largest absolute Gasteiger partial charge is 0.472 e. The van der Waals surface area contributed by atoms with Gasteiger partial charge in [-0.15, -0.1) is 0 Å². The molecule has 0 spiro atoms. The first-order valence-electron chi connectivity index (χ1n) is 30.3. The predicted molar refractivity (Wildman–Crippen MR) is 325 cm³/mol. The van der Waals surface area contributed by atoms with Crippen molar-refractivity contribution in [3.8, 4) is 0 Å². The molecule has 0 aromatic heterocycles. The maximum absolute atomic E-state index is 12.8. The molecule has 0 aliphatic carbocycles. The van der Waals surface area contributed by atoms with E-state index in [0.29, 0.717) is 17.4 Å². The van der Waals surface area contributed by atoms with E-state index in [-0.39, 0.29) is 32.0 Å². The van der Waals surface area contributed by atoms with Gasteiger partial charge >= 0.3 is 19.8 Å². The maximum atomic E-state index is 12.8. The first kappa shape index (κ1) is 72.4. The minimum Gasteiger partial charge on any atom is -0.462 e. The molecule has 0 aromatic carbocycles. The van der Waals surface area contributed by atoms with Gasteiger partial charge in [-0.25, -0.2) is 4.57 Å². The lowest BCUT2D eigenvalue weighted by Crippen LogP contribution is -2.37. The standard InChI is InChI=1S/C66H112NO8P/c1-6-8-10-12-14-16-18-20-22-23-24-25-26-27-28-29-30-31-32-33-34-35-36-37-38-39-40-41-42-43-45-47-49-51-53-55-57-59-66(69)75-64(63-74-76(70,71)73-61-60-67(3,4)5)62-72-65(68)58-56-54-52-50-48-46-44-21-19-17-15-13-11-9-7-2/h8,10,14-17,20-22,24-25,27-28,30-31,33-34,36-37,44,64H,6-7,9,11-13,18-19,23,26,29,32,35,38-43,45-63H2,1-5H3/p+1/b10-8-,16-14-,17-15-,22-20-,25-24-,28-27-,31-30-,34-33-,37-36-,44-21-. The van der Waals surface area contributed by atoms with Gasteiger partial charge in [0.2, 0.25) is 0 Å². The Morgan fingerprint density at radius 2 is 0.750 bits per heavy atom. The number of allylic oxidation sites excluding steroid dienone is 20. The molecule has 0 saturated heterocycles. The molecule has 9 nitrogen and oxygen atoms in total. The Labute approximate surface area is 467 Å². The molecule has 2 unspecified atom stereocenters. The molecular weight excluding hydrogens is 966 g/mol. The fourth-order valence-electron chi connectivity index (χ4n) is 7.83. The second kappa shape index (κ2) is 56.1. The molecule has 0 fully saturated rings. The molecule has 10 heteroatoms. The molecule has 0 bridgehead atoms. The van der Waals surface area contributed by atoms with E-state index in [2.05, 4.69) is 135 Å². The van der Waals surface area contributed by atoms with Crippen molar-refractivity contribution in [2.45, 2.75) is 238 Å². The van der Waals surface area contributed by atoms with Gasteiger partial charge in [0, 0.05) is 12.8 Å². The van der Waals surface area contributed by atoms with Crippen LogP contribution in [0.1, 0.15) is 232 Å². The van der Waals surface area contributed by atoms with Crippen molar-refractivity contribution >= 4 is 19.8 Å². The number of esters is 2. The number of hydrogen-bond donors (Lipinski definition) is 1. The zero-order valence-corrected chi connectivity index (χ0v) is 50.1. The zero-order valence-electron chi connectivity index (χ0n) is 49.2. The summed E-state index contributed by atoms with van der Waals surface area (Å²) in [6.45, 7) is 4.26. The molecule has 0 amide bonds. The number of hydrogen-bond acceptors (Lipinski definition) is 7. The summed E-state index contributed by atoms with van der Waals surface area (Å²) in [6, 6.07) is 0. The lowest BCUT2D eigenvalue weighted by atomic mass is 10.0. The van der Waals surface area contributed by atoms with Gasteiger partial charge in [0.15, 0.2) is 6.10 Å². The summed E-state index contributed by atoms with van der Waals surface area (Å²) in [5.74, 6) is -0.821. The van der Waals surface area contributed by atoms with Gasteiger partial charge in [0.1, 0.15) is 19.8 Å². The van der Waals surface area contributed by atoms with Gasteiger partial charge in [0.05, 0.1) is 27.7 Å². The molecule has 0 heterocycles. The first-order chi connectivity index (χ1) is 37.0. The summed E-state index contributed by atoms with van der Waals surface area (Å²) < 4.78 is 34.5. The van der Waals surface area contributed by atoms with Gasteiger partial charge in [-0.1, -0.05) is 232 Å². The minimum atomic E-state index is -4.39. The lowest BCUT2D eigenvalue weighted by Gasteiger charge is -2.24. The van der Waals surface area contributed by atoms with Crippen LogP contribution in [0.25, 0.3) is 0 Å². The third kappa shape index (κ3) is 59.7. The molecule has 434 valence electrons. The molecule has 0 aliphatic rings. The molecule has 1 N–H and O–H groups in total. The van der Waals surface area contributed by atoms with Gasteiger partial charge in [-0.05, 0) is 109 Å². The van der Waals surface area contributed by atoms with Crippen LogP contribution >= 0.6 is 7.82 Å². The van der Waals surface area contributed by atoms with Crippen molar-refractivity contribution in [3.05, 3.63) is 122 Å². The van der Waals surface area contributed by atoms with E-state index in [4.69, 9.17) is 18.5 Å². The Hall–Kier alpha value is -3.59. The molecule has 0 radical (unpaired) electrons. The van der Waals surface area contributed by atoms with Crippen LogP contribution in [0.3, 0.4) is 0 Å². The molecule has 2 atom stereocenters. The number of unbranched alkanes of at least 4 members (excludes halogenated alkanes) is 20. The summed E-state index contributed by atoms with van der Waals surface area (Å²) in [7, 11) is 1.46. The van der Waals surface area contributed by atoms with Gasteiger partial charge in [0.25, 0.3) is 0 Å². The van der Waals surface area contributed by atoms with Crippen LogP contribution in [-0.2, 0) is 32.7 Å². The number of rotatable bonds is 54. The van der Waals surface area contributed by atoms with Gasteiger partial charge in [-0.2, -0.15) is 0 Å². The Kier molecular flexibility index (Phi) is 53.5. The van der Waals surface area contributed by atoms with Crippen LogP contribution < -0.4 is 0 Å². The lowest BCUT2D eigenvalue weighted by molar-refractivity contribution is -0.870. The van der Waals surface area contributed by atoms with Crippen LogP contribution in [0.4, 0.5) is 0 Å². The number of ether oxygens (including phenoxy) is 2. The Morgan fingerprint density at radius 1 is 0.421 bits per heavy atom.